The van der Waals surface area contributed by atoms with Crippen LogP contribution in [0, 0.1) is 0 Å². The second-order valence-electron chi connectivity index (χ2n) is 11.2. The lowest BCUT2D eigenvalue weighted by atomic mass is 9.93. The molecule has 1 fully saturated rings. The fourth-order valence-electron chi connectivity index (χ4n) is 4.94. The van der Waals surface area contributed by atoms with Crippen molar-refractivity contribution in [2.45, 2.75) is 51.4 Å². The van der Waals surface area contributed by atoms with Gasteiger partial charge >= 0.3 is 12.3 Å². The number of halogens is 4. The number of allylic oxidation sites excluding steroid dienone is 1. The predicted molar refractivity (Wildman–Crippen MR) is 157 cm³/mol. The Morgan fingerprint density at radius 3 is 2.69 bits per heavy atom. The van der Waals surface area contributed by atoms with E-state index in [0.29, 0.717) is 35.8 Å². The van der Waals surface area contributed by atoms with Crippen LogP contribution in [-0.2, 0) is 22.1 Å². The van der Waals surface area contributed by atoms with E-state index in [9.17, 15) is 22.8 Å². The molecule has 3 aromatic rings. The van der Waals surface area contributed by atoms with Crippen LogP contribution in [0.3, 0.4) is 0 Å². The fraction of sp³-hybridized carbons (Fsp3) is 0.379. The van der Waals surface area contributed by atoms with Crippen molar-refractivity contribution >= 4 is 57.0 Å². The molecule has 2 amide bonds. The molecule has 0 aliphatic carbocycles. The van der Waals surface area contributed by atoms with Crippen LogP contribution < -0.4 is 0 Å². The number of amides is 2. The van der Waals surface area contributed by atoms with Gasteiger partial charge in [0.2, 0.25) is 0 Å². The zero-order chi connectivity index (χ0) is 30.4. The maximum atomic E-state index is 14.0. The van der Waals surface area contributed by atoms with Gasteiger partial charge in [-0.05, 0) is 86.3 Å². The van der Waals surface area contributed by atoms with Crippen molar-refractivity contribution < 1.29 is 27.5 Å². The second-order valence-corrected chi connectivity index (χ2v) is 12.7. The molecule has 0 radical (unpaired) electrons. The molecule has 1 N–H and O–H groups in total. The van der Waals surface area contributed by atoms with E-state index < -0.39 is 29.3 Å². The van der Waals surface area contributed by atoms with E-state index in [1.54, 1.807) is 57.1 Å². The minimum atomic E-state index is -4.64. The SMILES string of the molecule is CN(C1=NC(=O)C(=C(Cc2ccc(Cl)cc2C(F)(F)F)c2ccc3[nH]ncc3c2)S1)C1CCN(C(=O)OC(C)(C)C)C1. The lowest BCUT2D eigenvalue weighted by molar-refractivity contribution is -0.138. The Labute approximate surface area is 249 Å². The number of alkyl halides is 3. The number of rotatable bonds is 4. The van der Waals surface area contributed by atoms with E-state index in [1.165, 1.54) is 12.1 Å². The summed E-state index contributed by atoms with van der Waals surface area (Å²) >= 11 is 7.04. The molecule has 1 aromatic heterocycles. The number of carbonyl (C=O) groups is 2. The minimum absolute atomic E-state index is 0.0132. The number of hydrogen-bond donors (Lipinski definition) is 1. The number of ether oxygens (including phenoxy) is 1. The third kappa shape index (κ3) is 6.44. The quantitative estimate of drug-likeness (QED) is 0.325. The van der Waals surface area contributed by atoms with E-state index in [4.69, 9.17) is 16.3 Å². The summed E-state index contributed by atoms with van der Waals surface area (Å²) in [6.07, 6.45) is -2.96. The first-order valence-electron chi connectivity index (χ1n) is 13.2. The number of likely N-dealkylation sites (tertiary alicyclic amines) is 1. The third-order valence-electron chi connectivity index (χ3n) is 7.06. The highest BCUT2D eigenvalue weighted by atomic mass is 35.5. The van der Waals surface area contributed by atoms with Crippen LogP contribution in [0.15, 0.2) is 52.5 Å². The highest BCUT2D eigenvalue weighted by molar-refractivity contribution is 8.18. The molecule has 5 rings (SSSR count). The molecule has 2 aliphatic rings. The lowest BCUT2D eigenvalue weighted by Gasteiger charge is -2.27. The number of aromatic amines is 1. The minimum Gasteiger partial charge on any atom is -0.444 e. The van der Waals surface area contributed by atoms with Crippen molar-refractivity contribution in [2.24, 2.45) is 4.99 Å². The maximum absolute atomic E-state index is 14.0. The average molecular weight is 620 g/mol. The number of carbonyl (C=O) groups excluding carboxylic acids is 2. The van der Waals surface area contributed by atoms with Gasteiger partial charge in [-0.2, -0.15) is 23.3 Å². The van der Waals surface area contributed by atoms with Gasteiger partial charge < -0.3 is 14.5 Å². The van der Waals surface area contributed by atoms with Gasteiger partial charge in [0, 0.05) is 36.6 Å². The predicted octanol–water partition coefficient (Wildman–Crippen LogP) is 6.76. The zero-order valence-corrected chi connectivity index (χ0v) is 25.0. The molecule has 13 heteroatoms. The average Bonchev–Trinajstić information content (AvgIpc) is 3.65. The van der Waals surface area contributed by atoms with E-state index >= 15 is 0 Å². The number of likely N-dealkylation sites (N-methyl/N-ethyl adjacent to an activating group) is 1. The zero-order valence-electron chi connectivity index (χ0n) is 23.4. The van der Waals surface area contributed by atoms with Gasteiger partial charge in [-0.15, -0.1) is 0 Å². The number of aliphatic imine (C=N–C) groups is 1. The Balaban J connectivity index is 1.46. The molecule has 42 heavy (non-hydrogen) atoms. The Morgan fingerprint density at radius 1 is 1.21 bits per heavy atom. The van der Waals surface area contributed by atoms with Crippen molar-refractivity contribution in [2.75, 3.05) is 20.1 Å². The first-order chi connectivity index (χ1) is 19.7. The maximum Gasteiger partial charge on any atom is 0.416 e. The summed E-state index contributed by atoms with van der Waals surface area (Å²) in [7, 11) is 1.80. The van der Waals surface area contributed by atoms with Crippen LogP contribution in [0.2, 0.25) is 5.02 Å². The van der Waals surface area contributed by atoms with Gasteiger partial charge in [0.1, 0.15) is 5.60 Å². The molecule has 1 atom stereocenters. The van der Waals surface area contributed by atoms with E-state index in [2.05, 4.69) is 15.2 Å². The van der Waals surface area contributed by atoms with Crippen LogP contribution in [0.4, 0.5) is 18.0 Å². The molecule has 2 aliphatic heterocycles. The topological polar surface area (TPSA) is 90.9 Å². The second kappa shape index (κ2) is 11.3. The number of nitrogens with zero attached hydrogens (tertiary/aromatic N) is 4. The summed E-state index contributed by atoms with van der Waals surface area (Å²) in [5.41, 5.74) is 0.252. The van der Waals surface area contributed by atoms with Crippen LogP contribution in [-0.4, -0.2) is 68.9 Å². The van der Waals surface area contributed by atoms with Gasteiger partial charge in [0.25, 0.3) is 5.91 Å². The van der Waals surface area contributed by atoms with Gasteiger partial charge in [-0.25, -0.2) is 4.79 Å². The Morgan fingerprint density at radius 2 is 1.98 bits per heavy atom. The summed E-state index contributed by atoms with van der Waals surface area (Å²) in [5.74, 6) is -0.534. The molecular formula is C29H29ClF3N5O3S. The molecule has 8 nitrogen and oxygen atoms in total. The van der Waals surface area contributed by atoms with Crippen LogP contribution >= 0.6 is 23.4 Å². The molecule has 0 spiro atoms. The Kier molecular flexibility index (Phi) is 8.06. The number of amidine groups is 1. The summed E-state index contributed by atoms with van der Waals surface area (Å²) in [4.78, 5) is 33.9. The summed E-state index contributed by atoms with van der Waals surface area (Å²) < 4.78 is 47.5. The fourth-order valence-corrected chi connectivity index (χ4v) is 6.17. The van der Waals surface area contributed by atoms with Crippen molar-refractivity contribution in [1.82, 2.24) is 20.0 Å². The Hall–Kier alpha value is -3.51. The Bertz CT molecular complexity index is 1610. The lowest BCUT2D eigenvalue weighted by Crippen LogP contribution is -2.40. The van der Waals surface area contributed by atoms with Crippen LogP contribution in [0.25, 0.3) is 16.5 Å². The molecule has 0 bridgehead atoms. The van der Waals surface area contributed by atoms with Crippen LogP contribution in [0.1, 0.15) is 43.9 Å². The van der Waals surface area contributed by atoms with Crippen molar-refractivity contribution in [3.63, 3.8) is 0 Å². The van der Waals surface area contributed by atoms with Gasteiger partial charge in [0.15, 0.2) is 5.17 Å². The first kappa shape index (κ1) is 30.0. The largest absolute Gasteiger partial charge is 0.444 e. The number of aromatic nitrogens is 2. The molecular weight excluding hydrogens is 591 g/mol. The van der Waals surface area contributed by atoms with E-state index in [1.807, 2.05) is 4.90 Å². The number of benzene rings is 2. The number of nitrogens with one attached hydrogen (secondary N) is 1. The molecule has 1 saturated heterocycles. The van der Waals surface area contributed by atoms with Gasteiger partial charge in [0.05, 0.1) is 22.2 Å². The summed E-state index contributed by atoms with van der Waals surface area (Å²) in [5, 5.41) is 8.02. The van der Waals surface area contributed by atoms with E-state index in [-0.39, 0.29) is 28.0 Å². The van der Waals surface area contributed by atoms with Crippen molar-refractivity contribution in [3.8, 4) is 0 Å². The van der Waals surface area contributed by atoms with Crippen molar-refractivity contribution in [1.29, 1.82) is 0 Å². The van der Waals surface area contributed by atoms with Crippen molar-refractivity contribution in [3.05, 3.63) is 69.2 Å². The smallest absolute Gasteiger partial charge is 0.416 e. The normalized spacial score (nSPS) is 19.0. The van der Waals surface area contributed by atoms with Gasteiger partial charge in [-0.3, -0.25) is 9.89 Å². The molecule has 0 saturated carbocycles. The molecule has 3 heterocycles. The van der Waals surface area contributed by atoms with Gasteiger partial charge in [-0.1, -0.05) is 23.7 Å². The standard InChI is InChI=1S/C29H29ClF3N5O3S/c1-28(2,3)41-27(40)38-10-9-20(15-38)37(4)26-35-25(39)24(42-26)21(16-6-8-23-18(11-16)14-34-36-23)12-17-5-7-19(30)13-22(17)29(31,32)33/h5-8,11,13-14,20H,9-10,12,15H2,1-4H3,(H,34,36). The monoisotopic (exact) mass is 619 g/mol. The number of thioether (sulfide) groups is 1. The number of fused-ring (bicyclic) bond motifs is 1. The number of H-pyrrole nitrogens is 1. The molecule has 222 valence electrons. The highest BCUT2D eigenvalue weighted by Crippen LogP contribution is 2.41. The first-order valence-corrected chi connectivity index (χ1v) is 14.4. The summed E-state index contributed by atoms with van der Waals surface area (Å²) in [6.45, 7) is 6.29. The summed E-state index contributed by atoms with van der Waals surface area (Å²) in [6, 6.07) is 8.83. The number of hydrogen-bond acceptors (Lipinski definition) is 6. The molecule has 1 unspecified atom stereocenters. The van der Waals surface area contributed by atoms with Crippen LogP contribution in [0.5, 0.6) is 0 Å². The third-order valence-corrected chi connectivity index (χ3v) is 8.48. The highest BCUT2D eigenvalue weighted by Gasteiger charge is 2.37. The molecule has 2 aromatic carbocycles. The van der Waals surface area contributed by atoms with E-state index in [0.717, 1.165) is 28.7 Å².